The van der Waals surface area contributed by atoms with Gasteiger partial charge in [-0.2, -0.15) is 0 Å². The third kappa shape index (κ3) is 4.66. The first kappa shape index (κ1) is 19.4. The van der Waals surface area contributed by atoms with Crippen LogP contribution in [0.4, 0.5) is 0 Å². The summed E-state index contributed by atoms with van der Waals surface area (Å²) in [5.41, 5.74) is 2.46. The number of piperidine rings is 2. The molecule has 0 saturated carbocycles. The van der Waals surface area contributed by atoms with Crippen LogP contribution >= 0.6 is 0 Å². The van der Waals surface area contributed by atoms with Gasteiger partial charge in [-0.15, -0.1) is 0 Å². The van der Waals surface area contributed by atoms with E-state index >= 15 is 0 Å². The average Bonchev–Trinajstić information content (AvgIpc) is 2.68. The monoisotopic (exact) mass is 358 g/mol. The summed E-state index contributed by atoms with van der Waals surface area (Å²) < 4.78 is 5.44. The topological polar surface area (TPSA) is 41.6 Å². The molecule has 2 heterocycles. The Hall–Kier alpha value is -1.39. The zero-order chi connectivity index (χ0) is 18.4. The fourth-order valence-electron chi connectivity index (χ4n) is 4.49. The van der Waals surface area contributed by atoms with E-state index in [2.05, 4.69) is 41.4 Å². The van der Waals surface area contributed by atoms with E-state index in [1.165, 1.54) is 17.5 Å². The molecule has 0 radical (unpaired) electrons. The number of nitrogens with one attached hydrogen (secondary N) is 1. The number of benzene rings is 1. The van der Waals surface area contributed by atoms with Crippen molar-refractivity contribution < 1.29 is 9.53 Å². The summed E-state index contributed by atoms with van der Waals surface area (Å²) in [4.78, 5) is 15.3. The highest BCUT2D eigenvalue weighted by atomic mass is 16.5. The van der Waals surface area contributed by atoms with Gasteiger partial charge < -0.3 is 15.0 Å². The molecule has 0 aromatic heterocycles. The normalized spacial score (nSPS) is 20.9. The van der Waals surface area contributed by atoms with Gasteiger partial charge in [-0.05, 0) is 70.0 Å². The lowest BCUT2D eigenvalue weighted by Gasteiger charge is -2.42. The third-order valence-electron chi connectivity index (χ3n) is 6.30. The molecular weight excluding hydrogens is 324 g/mol. The molecule has 2 fully saturated rings. The van der Waals surface area contributed by atoms with Crippen LogP contribution in [-0.2, 0) is 16.0 Å². The van der Waals surface area contributed by atoms with Crippen LogP contribution in [-0.4, -0.2) is 50.7 Å². The van der Waals surface area contributed by atoms with Crippen molar-refractivity contribution in [2.75, 3.05) is 39.9 Å². The molecule has 1 aromatic carbocycles. The lowest BCUT2D eigenvalue weighted by Crippen LogP contribution is -2.53. The van der Waals surface area contributed by atoms with Crippen molar-refractivity contribution in [1.82, 2.24) is 10.2 Å². The lowest BCUT2D eigenvalue weighted by molar-refractivity contribution is -0.149. The molecular formula is C22H34N2O2. The van der Waals surface area contributed by atoms with Gasteiger partial charge in [0, 0.05) is 20.2 Å². The van der Waals surface area contributed by atoms with Crippen molar-refractivity contribution in [3.8, 4) is 0 Å². The van der Waals surface area contributed by atoms with E-state index in [9.17, 15) is 4.79 Å². The summed E-state index contributed by atoms with van der Waals surface area (Å²) in [6.07, 6.45) is 6.45. The van der Waals surface area contributed by atoms with Gasteiger partial charge in [0.05, 0.1) is 12.0 Å². The number of carbonyl (C=O) groups is 1. The Morgan fingerprint density at radius 3 is 2.46 bits per heavy atom. The number of likely N-dealkylation sites (tertiary alicyclic amines) is 1. The predicted molar refractivity (Wildman–Crippen MR) is 105 cm³/mol. The number of methoxy groups -OCH3 is 1. The second-order valence-corrected chi connectivity index (χ2v) is 8.22. The first-order valence-corrected chi connectivity index (χ1v) is 10.2. The maximum Gasteiger partial charge on any atom is 0.231 e. The molecule has 4 heteroatoms. The summed E-state index contributed by atoms with van der Waals surface area (Å²) >= 11 is 0. The minimum Gasteiger partial charge on any atom is -0.384 e. The van der Waals surface area contributed by atoms with Crippen LogP contribution in [0, 0.1) is 18.3 Å². The van der Waals surface area contributed by atoms with E-state index < -0.39 is 0 Å². The van der Waals surface area contributed by atoms with Crippen LogP contribution in [0.25, 0.3) is 0 Å². The number of aryl methyl sites for hydroxylation is 2. The fourth-order valence-corrected chi connectivity index (χ4v) is 4.49. The van der Waals surface area contributed by atoms with Gasteiger partial charge in [0.2, 0.25) is 5.91 Å². The number of amides is 1. The number of rotatable bonds is 6. The molecule has 0 aliphatic carbocycles. The van der Waals surface area contributed by atoms with Gasteiger partial charge in [-0.1, -0.05) is 29.8 Å². The highest BCUT2D eigenvalue weighted by Gasteiger charge is 2.42. The van der Waals surface area contributed by atoms with E-state index in [4.69, 9.17) is 4.74 Å². The predicted octanol–water partition coefficient (Wildman–Crippen LogP) is 3.18. The van der Waals surface area contributed by atoms with Gasteiger partial charge in [-0.3, -0.25) is 4.79 Å². The van der Waals surface area contributed by atoms with Crippen molar-refractivity contribution in [2.45, 2.75) is 45.4 Å². The molecule has 0 atom stereocenters. The Morgan fingerprint density at radius 2 is 1.85 bits per heavy atom. The molecule has 1 N–H and O–H groups in total. The smallest absolute Gasteiger partial charge is 0.231 e. The minimum absolute atomic E-state index is 0.297. The van der Waals surface area contributed by atoms with Gasteiger partial charge in [-0.25, -0.2) is 0 Å². The van der Waals surface area contributed by atoms with Crippen LogP contribution in [0.1, 0.15) is 43.2 Å². The fraction of sp³-hybridized carbons (Fsp3) is 0.682. The first-order chi connectivity index (χ1) is 12.6. The number of hydrogen-bond acceptors (Lipinski definition) is 3. The molecule has 26 heavy (non-hydrogen) atoms. The molecule has 0 unspecified atom stereocenters. The van der Waals surface area contributed by atoms with Gasteiger partial charge in [0.15, 0.2) is 0 Å². The second kappa shape index (κ2) is 9.01. The quantitative estimate of drug-likeness (QED) is 0.849. The minimum atomic E-state index is -0.297. The summed E-state index contributed by atoms with van der Waals surface area (Å²) in [5.74, 6) is 1.07. The maximum absolute atomic E-state index is 13.2. The Morgan fingerprint density at radius 1 is 1.19 bits per heavy atom. The SMILES string of the molecule is COCC1(C(=O)N2CCC(CCc3ccc(C)cc3)CC2)CCNCC1. The molecule has 2 aliphatic heterocycles. The summed E-state index contributed by atoms with van der Waals surface area (Å²) in [7, 11) is 1.72. The summed E-state index contributed by atoms with van der Waals surface area (Å²) in [5, 5.41) is 3.37. The second-order valence-electron chi connectivity index (χ2n) is 8.22. The third-order valence-corrected chi connectivity index (χ3v) is 6.30. The van der Waals surface area contributed by atoms with E-state index in [0.717, 1.165) is 64.2 Å². The highest BCUT2D eigenvalue weighted by Crippen LogP contribution is 2.33. The summed E-state index contributed by atoms with van der Waals surface area (Å²) in [6.45, 7) is 6.35. The van der Waals surface area contributed by atoms with Crippen LogP contribution in [0.15, 0.2) is 24.3 Å². The van der Waals surface area contributed by atoms with E-state index in [-0.39, 0.29) is 5.41 Å². The Bertz CT molecular complexity index is 565. The van der Waals surface area contributed by atoms with Crippen molar-refractivity contribution in [3.63, 3.8) is 0 Å². The number of ether oxygens (including phenoxy) is 1. The Balaban J connectivity index is 1.49. The van der Waals surface area contributed by atoms with Crippen molar-refractivity contribution >= 4 is 5.91 Å². The molecule has 0 spiro atoms. The van der Waals surface area contributed by atoms with Crippen LogP contribution in [0.3, 0.4) is 0 Å². The molecule has 1 aromatic rings. The Kier molecular flexibility index (Phi) is 6.71. The van der Waals surface area contributed by atoms with Gasteiger partial charge in [0.25, 0.3) is 0 Å². The molecule has 2 aliphatic rings. The molecule has 0 bridgehead atoms. The number of hydrogen-bond donors (Lipinski definition) is 1. The number of nitrogens with zero attached hydrogens (tertiary/aromatic N) is 1. The van der Waals surface area contributed by atoms with Crippen LogP contribution in [0.2, 0.25) is 0 Å². The zero-order valence-electron chi connectivity index (χ0n) is 16.4. The molecule has 3 rings (SSSR count). The first-order valence-electron chi connectivity index (χ1n) is 10.2. The van der Waals surface area contributed by atoms with E-state index in [1.54, 1.807) is 7.11 Å². The largest absolute Gasteiger partial charge is 0.384 e. The molecule has 2 saturated heterocycles. The van der Waals surface area contributed by atoms with Crippen molar-refractivity contribution in [1.29, 1.82) is 0 Å². The molecule has 1 amide bonds. The van der Waals surface area contributed by atoms with Crippen molar-refractivity contribution in [2.24, 2.45) is 11.3 Å². The average molecular weight is 359 g/mol. The molecule has 144 valence electrons. The molecule has 4 nitrogen and oxygen atoms in total. The van der Waals surface area contributed by atoms with Gasteiger partial charge >= 0.3 is 0 Å². The van der Waals surface area contributed by atoms with Crippen molar-refractivity contribution in [3.05, 3.63) is 35.4 Å². The van der Waals surface area contributed by atoms with E-state index in [1.807, 2.05) is 0 Å². The lowest BCUT2D eigenvalue weighted by atomic mass is 9.77. The van der Waals surface area contributed by atoms with Crippen LogP contribution < -0.4 is 5.32 Å². The Labute approximate surface area is 158 Å². The van der Waals surface area contributed by atoms with Crippen LogP contribution in [0.5, 0.6) is 0 Å². The number of carbonyl (C=O) groups excluding carboxylic acids is 1. The van der Waals surface area contributed by atoms with E-state index in [0.29, 0.717) is 12.5 Å². The zero-order valence-corrected chi connectivity index (χ0v) is 16.4. The standard InChI is InChI=1S/C22H34N2O2/c1-18-3-5-19(6-4-18)7-8-20-9-15-24(16-10-20)21(25)22(17-26-2)11-13-23-14-12-22/h3-6,20,23H,7-17H2,1-2H3. The maximum atomic E-state index is 13.2. The van der Waals surface area contributed by atoms with Gasteiger partial charge in [0.1, 0.15) is 0 Å². The summed E-state index contributed by atoms with van der Waals surface area (Å²) in [6, 6.07) is 8.90. The highest BCUT2D eigenvalue weighted by molar-refractivity contribution is 5.83.